The van der Waals surface area contributed by atoms with Gasteiger partial charge in [0.05, 0.1) is 6.61 Å². The van der Waals surface area contributed by atoms with Crippen molar-refractivity contribution in [2.45, 2.75) is 105 Å². The quantitative estimate of drug-likeness (QED) is 0.249. The van der Waals surface area contributed by atoms with Crippen LogP contribution in [0.2, 0.25) is 0 Å². The maximum Gasteiger partial charge on any atom is 0.303 e. The van der Waals surface area contributed by atoms with E-state index in [1.54, 1.807) is 6.92 Å². The molecule has 1 unspecified atom stereocenters. The van der Waals surface area contributed by atoms with E-state index in [9.17, 15) is 9.90 Å². The van der Waals surface area contributed by atoms with Gasteiger partial charge in [-0.25, -0.2) is 0 Å². The first kappa shape index (κ1) is 31.3. The van der Waals surface area contributed by atoms with Gasteiger partial charge in [-0.05, 0) is 87.3 Å². The summed E-state index contributed by atoms with van der Waals surface area (Å²) in [6.07, 6.45) is 4.05. The van der Waals surface area contributed by atoms with E-state index in [1.165, 1.54) is 11.1 Å². The molecule has 2 aromatic carbocycles. The van der Waals surface area contributed by atoms with E-state index in [0.717, 1.165) is 41.7 Å². The third-order valence-electron chi connectivity index (χ3n) is 6.91. The third kappa shape index (κ3) is 8.42. The van der Waals surface area contributed by atoms with Crippen LogP contribution in [0.3, 0.4) is 0 Å². The van der Waals surface area contributed by atoms with Gasteiger partial charge in [-0.1, -0.05) is 70.7 Å². The molecule has 4 heteroatoms. The molecule has 0 aliphatic heterocycles. The lowest BCUT2D eigenvalue weighted by atomic mass is 9.70. The Morgan fingerprint density at radius 1 is 0.917 bits per heavy atom. The molecular weight excluding hydrogens is 448 g/mol. The molecule has 0 amide bonds. The molecule has 0 aliphatic carbocycles. The zero-order valence-electron chi connectivity index (χ0n) is 23.6. The second-order valence-electron chi connectivity index (χ2n) is 9.38. The molecule has 2 aromatic rings. The van der Waals surface area contributed by atoms with Gasteiger partial charge in [0.15, 0.2) is 0 Å². The SMILES string of the molecule is CC.CCC(C)(O)C#Cc1ccc(C(CC)(CC)c2ccc(OCCCCC(=O)O)c(C)c2)cc1C. The lowest BCUT2D eigenvalue weighted by molar-refractivity contribution is -0.137. The number of rotatable bonds is 11. The van der Waals surface area contributed by atoms with E-state index in [-0.39, 0.29) is 11.8 Å². The summed E-state index contributed by atoms with van der Waals surface area (Å²) in [4.78, 5) is 10.7. The summed E-state index contributed by atoms with van der Waals surface area (Å²) < 4.78 is 5.93. The maximum absolute atomic E-state index is 10.7. The summed E-state index contributed by atoms with van der Waals surface area (Å²) in [6, 6.07) is 12.9. The Labute approximate surface area is 219 Å². The number of aliphatic carboxylic acids is 1. The van der Waals surface area contributed by atoms with Crippen LogP contribution in [-0.4, -0.2) is 28.4 Å². The normalized spacial score (nSPS) is 12.5. The largest absolute Gasteiger partial charge is 0.493 e. The van der Waals surface area contributed by atoms with Gasteiger partial charge >= 0.3 is 5.97 Å². The van der Waals surface area contributed by atoms with Crippen molar-refractivity contribution in [2.24, 2.45) is 0 Å². The predicted octanol–water partition coefficient (Wildman–Crippen LogP) is 7.58. The molecule has 0 fully saturated rings. The number of hydrogen-bond acceptors (Lipinski definition) is 3. The topological polar surface area (TPSA) is 66.8 Å². The average molecular weight is 495 g/mol. The molecule has 0 heterocycles. The minimum atomic E-state index is -0.973. The Balaban J connectivity index is 0.00000316. The molecule has 0 saturated heterocycles. The molecule has 0 spiro atoms. The zero-order valence-corrected chi connectivity index (χ0v) is 23.6. The summed E-state index contributed by atoms with van der Waals surface area (Å²) in [7, 11) is 0. The smallest absolute Gasteiger partial charge is 0.303 e. The fourth-order valence-corrected chi connectivity index (χ4v) is 4.29. The minimum Gasteiger partial charge on any atom is -0.493 e. The van der Waals surface area contributed by atoms with Crippen LogP contribution < -0.4 is 4.74 Å². The second-order valence-corrected chi connectivity index (χ2v) is 9.38. The number of aliphatic hydroxyl groups is 1. The van der Waals surface area contributed by atoms with Gasteiger partial charge in [-0.15, -0.1) is 0 Å². The van der Waals surface area contributed by atoms with Crippen LogP contribution in [0.25, 0.3) is 0 Å². The van der Waals surface area contributed by atoms with Gasteiger partial charge in [-0.3, -0.25) is 4.79 Å². The zero-order chi connectivity index (χ0) is 27.4. The minimum absolute atomic E-state index is 0.115. The van der Waals surface area contributed by atoms with Crippen LogP contribution in [0.5, 0.6) is 5.75 Å². The van der Waals surface area contributed by atoms with Crippen LogP contribution >= 0.6 is 0 Å². The van der Waals surface area contributed by atoms with E-state index < -0.39 is 11.6 Å². The lowest BCUT2D eigenvalue weighted by Crippen LogP contribution is -2.26. The molecule has 1 atom stereocenters. The van der Waals surface area contributed by atoms with Gasteiger partial charge < -0.3 is 14.9 Å². The number of carboxylic acids is 1. The number of aryl methyl sites for hydroxylation is 2. The molecule has 0 bridgehead atoms. The Hall–Kier alpha value is -2.77. The molecule has 0 aliphatic rings. The number of benzene rings is 2. The Morgan fingerprint density at radius 3 is 2.00 bits per heavy atom. The van der Waals surface area contributed by atoms with Crippen molar-refractivity contribution in [1.82, 2.24) is 0 Å². The number of carboxylic acid groups (broad SMARTS) is 1. The first-order valence-corrected chi connectivity index (χ1v) is 13.4. The maximum atomic E-state index is 10.7. The molecular formula is C32H46O4. The molecule has 4 nitrogen and oxygen atoms in total. The Bertz CT molecular complexity index is 1040. The van der Waals surface area contributed by atoms with Crippen molar-refractivity contribution in [3.8, 4) is 17.6 Å². The first-order chi connectivity index (χ1) is 17.1. The summed E-state index contributed by atoms with van der Waals surface area (Å²) >= 11 is 0. The van der Waals surface area contributed by atoms with Crippen LogP contribution in [0.4, 0.5) is 0 Å². The molecule has 36 heavy (non-hydrogen) atoms. The van der Waals surface area contributed by atoms with E-state index in [2.05, 4.69) is 69.9 Å². The van der Waals surface area contributed by atoms with Crippen LogP contribution in [-0.2, 0) is 10.2 Å². The van der Waals surface area contributed by atoms with Gasteiger partial charge in [0.25, 0.3) is 0 Å². The Morgan fingerprint density at radius 2 is 1.50 bits per heavy atom. The van der Waals surface area contributed by atoms with Gasteiger partial charge in [0, 0.05) is 17.4 Å². The van der Waals surface area contributed by atoms with Gasteiger partial charge in [-0.2, -0.15) is 0 Å². The van der Waals surface area contributed by atoms with Crippen LogP contribution in [0.1, 0.15) is 108 Å². The molecule has 2 rings (SSSR count). The lowest BCUT2D eigenvalue weighted by Gasteiger charge is -2.34. The van der Waals surface area contributed by atoms with Crippen LogP contribution in [0, 0.1) is 25.7 Å². The van der Waals surface area contributed by atoms with E-state index >= 15 is 0 Å². The molecule has 0 saturated carbocycles. The fraction of sp³-hybridized carbons (Fsp3) is 0.531. The first-order valence-electron chi connectivity index (χ1n) is 13.4. The number of hydrogen-bond donors (Lipinski definition) is 2. The van der Waals surface area contributed by atoms with Gasteiger partial charge in [0.1, 0.15) is 11.4 Å². The predicted molar refractivity (Wildman–Crippen MR) is 150 cm³/mol. The van der Waals surface area contributed by atoms with Gasteiger partial charge in [0.2, 0.25) is 0 Å². The summed E-state index contributed by atoms with van der Waals surface area (Å²) in [5, 5.41) is 19.0. The van der Waals surface area contributed by atoms with Crippen molar-refractivity contribution in [1.29, 1.82) is 0 Å². The van der Waals surface area contributed by atoms with Crippen molar-refractivity contribution < 1.29 is 19.7 Å². The number of carbonyl (C=O) groups is 1. The van der Waals surface area contributed by atoms with Crippen molar-refractivity contribution in [2.75, 3.05) is 6.61 Å². The van der Waals surface area contributed by atoms with Crippen molar-refractivity contribution in [3.63, 3.8) is 0 Å². The average Bonchev–Trinajstić information content (AvgIpc) is 2.86. The second kappa shape index (κ2) is 14.7. The summed E-state index contributed by atoms with van der Waals surface area (Å²) in [6.45, 7) is 16.8. The Kier molecular flexibility index (Phi) is 12.8. The van der Waals surface area contributed by atoms with Crippen LogP contribution in [0.15, 0.2) is 36.4 Å². The van der Waals surface area contributed by atoms with E-state index in [4.69, 9.17) is 9.84 Å². The highest BCUT2D eigenvalue weighted by Gasteiger charge is 2.31. The summed E-state index contributed by atoms with van der Waals surface area (Å²) in [5.74, 6) is 6.24. The highest BCUT2D eigenvalue weighted by Crippen LogP contribution is 2.41. The third-order valence-corrected chi connectivity index (χ3v) is 6.91. The standard InChI is InChI=1S/C30H40O4.C2H6/c1-7-29(6,33)18-17-24-13-14-25(20-22(24)4)30(8-2,9-3)26-15-16-27(23(5)21-26)34-19-11-10-12-28(31)32;1-2/h13-16,20-21,33H,7-12,19H2,1-6H3,(H,31,32);1-2H3. The van der Waals surface area contributed by atoms with E-state index in [0.29, 0.717) is 19.4 Å². The highest BCUT2D eigenvalue weighted by molar-refractivity contribution is 5.66. The monoisotopic (exact) mass is 494 g/mol. The van der Waals surface area contributed by atoms with Crippen molar-refractivity contribution in [3.05, 3.63) is 64.2 Å². The van der Waals surface area contributed by atoms with E-state index in [1.807, 2.05) is 26.8 Å². The highest BCUT2D eigenvalue weighted by atomic mass is 16.5. The fourth-order valence-electron chi connectivity index (χ4n) is 4.29. The summed E-state index contributed by atoms with van der Waals surface area (Å²) in [5.41, 5.74) is 4.59. The number of ether oxygens (including phenoxy) is 1. The molecule has 0 aromatic heterocycles. The number of unbranched alkanes of at least 4 members (excludes halogenated alkanes) is 1. The molecule has 2 N–H and O–H groups in total. The van der Waals surface area contributed by atoms with Crippen molar-refractivity contribution >= 4 is 5.97 Å². The molecule has 198 valence electrons. The molecule has 0 radical (unpaired) electrons.